The molecule has 1 aromatic rings. The summed E-state index contributed by atoms with van der Waals surface area (Å²) in [5.74, 6) is -2.91. The number of thiocarbonyl (C=S) groups is 1. The first-order valence-corrected chi connectivity index (χ1v) is 8.06. The minimum absolute atomic E-state index is 0.0304. The molecule has 0 bridgehead atoms. The number of carbonyl (C=O) groups is 2. The lowest BCUT2D eigenvalue weighted by atomic mass is 10.2. The molecular weight excluding hydrogens is 368 g/mol. The number of para-hydroxylation sites is 1. The predicted octanol–water partition coefficient (Wildman–Crippen LogP) is 3.05. The molecule has 0 amide bonds. The van der Waals surface area contributed by atoms with Crippen molar-refractivity contribution in [2.75, 3.05) is 18.5 Å². The molecule has 0 heterocycles. The molecule has 0 atom stereocenters. The zero-order valence-corrected chi connectivity index (χ0v) is 15.2. The van der Waals surface area contributed by atoms with Crippen molar-refractivity contribution in [2.24, 2.45) is 4.99 Å². The van der Waals surface area contributed by atoms with Gasteiger partial charge >= 0.3 is 11.9 Å². The third kappa shape index (κ3) is 6.52. The largest absolute Gasteiger partial charge is 0.501 e. The second-order valence-corrected chi connectivity index (χ2v) is 5.17. The number of aliphatic hydroxyl groups excluding tert-OH is 1. The fourth-order valence-electron chi connectivity index (χ4n) is 1.56. The topological polar surface area (TPSA) is 97.2 Å². The lowest BCUT2D eigenvalue weighted by molar-refractivity contribution is -0.143. The van der Waals surface area contributed by atoms with Crippen molar-refractivity contribution in [1.82, 2.24) is 0 Å². The molecule has 1 rings (SSSR count). The van der Waals surface area contributed by atoms with Gasteiger partial charge in [-0.15, -0.1) is 0 Å². The Labute approximate surface area is 155 Å². The van der Waals surface area contributed by atoms with Crippen molar-refractivity contribution in [3.8, 4) is 0 Å². The highest BCUT2D eigenvalue weighted by Crippen LogP contribution is 2.20. The van der Waals surface area contributed by atoms with E-state index in [1.54, 1.807) is 38.1 Å². The summed E-state index contributed by atoms with van der Waals surface area (Å²) in [5.41, 5.74) is 0.0474. The van der Waals surface area contributed by atoms with Crippen LogP contribution >= 0.6 is 23.8 Å². The number of carbonyl (C=O) groups excluding carboxylic acids is 2. The van der Waals surface area contributed by atoms with Crippen molar-refractivity contribution in [1.29, 1.82) is 0 Å². The van der Waals surface area contributed by atoms with E-state index in [1.807, 2.05) is 0 Å². The zero-order valence-electron chi connectivity index (χ0n) is 13.6. The lowest BCUT2D eigenvalue weighted by Crippen LogP contribution is -2.18. The lowest BCUT2D eigenvalue weighted by Gasteiger charge is -2.07. The fraction of sp³-hybridized carbons (Fsp3) is 0.250. The van der Waals surface area contributed by atoms with E-state index in [-0.39, 0.29) is 18.3 Å². The maximum absolute atomic E-state index is 11.9. The Morgan fingerprint density at radius 2 is 1.84 bits per heavy atom. The van der Waals surface area contributed by atoms with Gasteiger partial charge in [-0.1, -0.05) is 23.7 Å². The van der Waals surface area contributed by atoms with Gasteiger partial charge in [0, 0.05) is 6.21 Å². The molecule has 9 heteroatoms. The standard InChI is InChI=1S/C16H17ClN2O5S/c1-3-23-14(21)10(13(20)15(22)24-4-2)9-18-16(25)19-12-8-6-5-7-11(12)17/h5-9,20H,3-4H2,1-2H3,(H,19,25)/b13-10+,18-9-. The molecule has 0 unspecified atom stereocenters. The van der Waals surface area contributed by atoms with Crippen LogP contribution in [0.5, 0.6) is 0 Å². The highest BCUT2D eigenvalue weighted by Gasteiger charge is 2.21. The van der Waals surface area contributed by atoms with Crippen molar-refractivity contribution in [2.45, 2.75) is 13.8 Å². The summed E-state index contributed by atoms with van der Waals surface area (Å²) in [6, 6.07) is 6.84. The molecule has 25 heavy (non-hydrogen) atoms. The molecule has 0 aliphatic rings. The van der Waals surface area contributed by atoms with Gasteiger partial charge in [0.05, 0.1) is 23.9 Å². The van der Waals surface area contributed by atoms with Gasteiger partial charge in [0.1, 0.15) is 5.57 Å². The third-order valence-electron chi connectivity index (χ3n) is 2.65. The summed E-state index contributed by atoms with van der Waals surface area (Å²) in [4.78, 5) is 27.3. The highest BCUT2D eigenvalue weighted by atomic mass is 35.5. The molecule has 134 valence electrons. The van der Waals surface area contributed by atoms with E-state index in [0.717, 1.165) is 6.21 Å². The quantitative estimate of drug-likeness (QED) is 0.256. The van der Waals surface area contributed by atoms with Crippen LogP contribution in [0.1, 0.15) is 13.8 Å². The van der Waals surface area contributed by atoms with E-state index >= 15 is 0 Å². The van der Waals surface area contributed by atoms with Gasteiger partial charge < -0.3 is 19.9 Å². The Hall–Kier alpha value is -2.45. The van der Waals surface area contributed by atoms with E-state index in [1.165, 1.54) is 0 Å². The number of halogens is 1. The molecule has 0 spiro atoms. The molecule has 1 aromatic carbocycles. The highest BCUT2D eigenvalue weighted by molar-refractivity contribution is 7.80. The summed E-state index contributed by atoms with van der Waals surface area (Å²) < 4.78 is 9.43. The number of aliphatic hydroxyl groups is 1. The van der Waals surface area contributed by atoms with Gasteiger partial charge in [-0.3, -0.25) is 0 Å². The third-order valence-corrected chi connectivity index (χ3v) is 3.18. The normalized spacial score (nSPS) is 11.6. The summed E-state index contributed by atoms with van der Waals surface area (Å²) in [7, 11) is 0. The summed E-state index contributed by atoms with van der Waals surface area (Å²) in [6.07, 6.45) is 0.927. The van der Waals surface area contributed by atoms with Gasteiger partial charge in [-0.2, -0.15) is 0 Å². The van der Waals surface area contributed by atoms with Crippen LogP contribution in [0, 0.1) is 0 Å². The van der Waals surface area contributed by atoms with E-state index in [2.05, 4.69) is 15.0 Å². The first-order chi connectivity index (χ1) is 11.9. The van der Waals surface area contributed by atoms with E-state index in [4.69, 9.17) is 28.6 Å². The van der Waals surface area contributed by atoms with Gasteiger partial charge in [0.25, 0.3) is 0 Å². The summed E-state index contributed by atoms with van der Waals surface area (Å²) in [6.45, 7) is 3.22. The average Bonchev–Trinajstić information content (AvgIpc) is 2.57. The van der Waals surface area contributed by atoms with Gasteiger partial charge in [0.15, 0.2) is 5.11 Å². The van der Waals surface area contributed by atoms with Crippen molar-refractivity contribution in [3.05, 3.63) is 40.6 Å². The van der Waals surface area contributed by atoms with Crippen LogP contribution in [0.3, 0.4) is 0 Å². The van der Waals surface area contributed by atoms with Gasteiger partial charge in [-0.05, 0) is 38.2 Å². The molecule has 0 aliphatic carbocycles. The van der Waals surface area contributed by atoms with Crippen LogP contribution < -0.4 is 5.32 Å². The summed E-state index contributed by atoms with van der Waals surface area (Å²) >= 11 is 11.0. The molecule has 0 aliphatic heterocycles. The molecule has 7 nitrogen and oxygen atoms in total. The second-order valence-electron chi connectivity index (χ2n) is 4.37. The number of hydrogen-bond acceptors (Lipinski definition) is 6. The van der Waals surface area contributed by atoms with Crippen LogP contribution in [0.2, 0.25) is 5.02 Å². The Kier molecular flexibility index (Phi) is 8.59. The summed E-state index contributed by atoms with van der Waals surface area (Å²) in [5, 5.41) is 13.0. The molecule has 0 fully saturated rings. The molecule has 0 saturated heterocycles. The van der Waals surface area contributed by atoms with Crippen molar-refractivity contribution >= 4 is 52.8 Å². The Balaban J connectivity index is 3.00. The van der Waals surface area contributed by atoms with E-state index in [9.17, 15) is 14.7 Å². The molecular formula is C16H17ClN2O5S. The molecule has 0 saturated carbocycles. The molecule has 0 radical (unpaired) electrons. The van der Waals surface area contributed by atoms with Crippen molar-refractivity contribution < 1.29 is 24.2 Å². The fourth-order valence-corrected chi connectivity index (χ4v) is 1.91. The number of rotatable bonds is 6. The second kappa shape index (κ2) is 10.4. The molecule has 2 N–H and O–H groups in total. The maximum atomic E-state index is 11.9. The maximum Gasteiger partial charge on any atom is 0.374 e. The Morgan fingerprint density at radius 1 is 1.24 bits per heavy atom. The number of nitrogens with zero attached hydrogens (tertiary/aromatic N) is 1. The number of aliphatic imine (C=N–C) groups is 1. The van der Waals surface area contributed by atoms with Crippen LogP contribution in [0.15, 0.2) is 40.6 Å². The monoisotopic (exact) mass is 384 g/mol. The van der Waals surface area contributed by atoms with Crippen LogP contribution in [0.4, 0.5) is 5.69 Å². The number of hydrogen-bond donors (Lipinski definition) is 2. The number of anilines is 1. The zero-order chi connectivity index (χ0) is 18.8. The first kappa shape index (κ1) is 20.6. The SMILES string of the molecule is CCOC(=O)/C(O)=C(/C=N\C(=S)Nc1ccccc1Cl)C(=O)OCC. The number of benzene rings is 1. The van der Waals surface area contributed by atoms with Crippen molar-refractivity contribution in [3.63, 3.8) is 0 Å². The smallest absolute Gasteiger partial charge is 0.374 e. The number of nitrogens with one attached hydrogen (secondary N) is 1. The number of ether oxygens (including phenoxy) is 2. The minimum Gasteiger partial charge on any atom is -0.501 e. The average molecular weight is 385 g/mol. The van der Waals surface area contributed by atoms with Crippen LogP contribution in [-0.4, -0.2) is 41.6 Å². The number of esters is 2. The van der Waals surface area contributed by atoms with Gasteiger partial charge in [0.2, 0.25) is 5.76 Å². The van der Waals surface area contributed by atoms with Crippen LogP contribution in [-0.2, 0) is 19.1 Å². The van der Waals surface area contributed by atoms with Crippen LogP contribution in [0.25, 0.3) is 0 Å². The van der Waals surface area contributed by atoms with Gasteiger partial charge in [-0.25, -0.2) is 14.6 Å². The predicted molar refractivity (Wildman–Crippen MR) is 99.1 cm³/mol. The first-order valence-electron chi connectivity index (χ1n) is 7.27. The Bertz CT molecular complexity index is 718. The van der Waals surface area contributed by atoms with E-state index in [0.29, 0.717) is 10.7 Å². The van der Waals surface area contributed by atoms with E-state index < -0.39 is 23.3 Å². The minimum atomic E-state index is -1.07. The Morgan fingerprint density at radius 3 is 2.44 bits per heavy atom. The molecule has 0 aromatic heterocycles.